The van der Waals surface area contributed by atoms with Gasteiger partial charge in [0.25, 0.3) is 0 Å². The van der Waals surface area contributed by atoms with Gasteiger partial charge in [0.2, 0.25) is 0 Å². The normalized spacial score (nSPS) is 11.0. The first-order valence-electron chi connectivity index (χ1n) is 6.47. The molecule has 0 N–H and O–H groups in total. The molecular formula is C15H24ClNO. The van der Waals surface area contributed by atoms with Gasteiger partial charge in [-0.3, -0.25) is 0 Å². The second kappa shape index (κ2) is 7.65. The number of likely N-dealkylation sites (N-methyl/N-ethyl adjacent to an activating group) is 1. The molecule has 0 atom stereocenters. The van der Waals surface area contributed by atoms with E-state index in [9.17, 15) is 0 Å². The number of alkyl halides is 1. The van der Waals surface area contributed by atoms with E-state index in [-0.39, 0.29) is 0 Å². The van der Waals surface area contributed by atoms with Crippen molar-refractivity contribution in [3.63, 3.8) is 0 Å². The van der Waals surface area contributed by atoms with Gasteiger partial charge in [0, 0.05) is 12.4 Å². The highest BCUT2D eigenvalue weighted by Gasteiger charge is 2.07. The zero-order chi connectivity index (χ0) is 13.5. The summed E-state index contributed by atoms with van der Waals surface area (Å²) in [4.78, 5) is 2.33. The van der Waals surface area contributed by atoms with Gasteiger partial charge >= 0.3 is 0 Å². The van der Waals surface area contributed by atoms with E-state index in [0.29, 0.717) is 0 Å². The first-order chi connectivity index (χ1) is 8.60. The summed E-state index contributed by atoms with van der Waals surface area (Å²) >= 11 is 5.70. The number of hydrogen-bond donors (Lipinski definition) is 0. The van der Waals surface area contributed by atoms with Crippen molar-refractivity contribution in [3.8, 4) is 5.75 Å². The lowest BCUT2D eigenvalue weighted by atomic mass is 10.00. The van der Waals surface area contributed by atoms with Crippen LogP contribution in [0.4, 0.5) is 0 Å². The molecule has 1 aromatic carbocycles. The first-order valence-corrected chi connectivity index (χ1v) is 7.01. The third-order valence-corrected chi connectivity index (χ3v) is 3.77. The van der Waals surface area contributed by atoms with Gasteiger partial charge in [0.05, 0.1) is 7.11 Å². The topological polar surface area (TPSA) is 12.5 Å². The second-order valence-electron chi connectivity index (χ2n) is 4.77. The van der Waals surface area contributed by atoms with Gasteiger partial charge in [0.15, 0.2) is 0 Å². The van der Waals surface area contributed by atoms with E-state index in [4.69, 9.17) is 16.3 Å². The molecule has 2 nitrogen and oxygen atoms in total. The maximum atomic E-state index is 5.70. The van der Waals surface area contributed by atoms with Gasteiger partial charge in [-0.25, -0.2) is 0 Å². The Labute approximate surface area is 116 Å². The SMILES string of the molecule is COc1ccc(CCN(C)CCCCl)c(C)c1C. The predicted octanol–water partition coefficient (Wildman–Crippen LogP) is 3.42. The van der Waals surface area contributed by atoms with Crippen LogP contribution in [0, 0.1) is 13.8 Å². The van der Waals surface area contributed by atoms with Crippen molar-refractivity contribution in [2.24, 2.45) is 0 Å². The molecule has 1 rings (SSSR count). The number of nitrogens with zero attached hydrogens (tertiary/aromatic N) is 1. The Hall–Kier alpha value is -0.730. The minimum atomic E-state index is 0.741. The van der Waals surface area contributed by atoms with Gasteiger partial charge in [-0.05, 0) is 63.0 Å². The van der Waals surface area contributed by atoms with Crippen LogP contribution in [0.3, 0.4) is 0 Å². The van der Waals surface area contributed by atoms with Crippen LogP contribution in [0.15, 0.2) is 12.1 Å². The van der Waals surface area contributed by atoms with Crippen molar-refractivity contribution in [1.29, 1.82) is 0 Å². The molecule has 0 heterocycles. The standard InChI is InChI=1S/C15H24ClNO/c1-12-13(2)15(18-4)7-6-14(12)8-11-17(3)10-5-9-16/h6-7H,5,8-11H2,1-4H3. The predicted molar refractivity (Wildman–Crippen MR) is 79.0 cm³/mol. The van der Waals surface area contributed by atoms with Crippen LogP contribution in [0.1, 0.15) is 23.1 Å². The Morgan fingerprint density at radius 2 is 1.89 bits per heavy atom. The lowest BCUT2D eigenvalue weighted by Crippen LogP contribution is -2.23. The fraction of sp³-hybridized carbons (Fsp3) is 0.600. The first kappa shape index (κ1) is 15.3. The molecule has 0 radical (unpaired) electrons. The summed E-state index contributed by atoms with van der Waals surface area (Å²) in [7, 11) is 3.87. The van der Waals surface area contributed by atoms with Crippen molar-refractivity contribution in [2.75, 3.05) is 33.1 Å². The monoisotopic (exact) mass is 269 g/mol. The van der Waals surface area contributed by atoms with Gasteiger partial charge in [-0.1, -0.05) is 6.07 Å². The fourth-order valence-electron chi connectivity index (χ4n) is 2.10. The van der Waals surface area contributed by atoms with E-state index in [0.717, 1.165) is 37.6 Å². The van der Waals surface area contributed by atoms with Crippen LogP contribution in [0.2, 0.25) is 0 Å². The van der Waals surface area contributed by atoms with Crippen LogP contribution in [-0.4, -0.2) is 38.0 Å². The summed E-state index contributed by atoms with van der Waals surface area (Å²) in [5, 5.41) is 0. The molecule has 0 spiro atoms. The second-order valence-corrected chi connectivity index (χ2v) is 5.15. The minimum absolute atomic E-state index is 0.741. The molecule has 0 unspecified atom stereocenters. The maximum Gasteiger partial charge on any atom is 0.122 e. The molecule has 0 aliphatic rings. The summed E-state index contributed by atoms with van der Waals surface area (Å²) < 4.78 is 5.33. The quantitative estimate of drug-likeness (QED) is 0.704. The number of hydrogen-bond acceptors (Lipinski definition) is 2. The highest BCUT2D eigenvalue weighted by molar-refractivity contribution is 6.17. The Morgan fingerprint density at radius 3 is 2.50 bits per heavy atom. The third kappa shape index (κ3) is 4.18. The molecule has 102 valence electrons. The zero-order valence-corrected chi connectivity index (χ0v) is 12.7. The molecule has 3 heteroatoms. The van der Waals surface area contributed by atoms with Gasteiger partial charge in [0.1, 0.15) is 5.75 Å². The highest BCUT2D eigenvalue weighted by Crippen LogP contribution is 2.24. The van der Waals surface area contributed by atoms with Gasteiger partial charge in [-0.2, -0.15) is 0 Å². The highest BCUT2D eigenvalue weighted by atomic mass is 35.5. The molecule has 0 aliphatic heterocycles. The molecule has 1 aromatic rings. The van der Waals surface area contributed by atoms with E-state index >= 15 is 0 Å². The largest absolute Gasteiger partial charge is 0.496 e. The molecule has 0 amide bonds. The number of ether oxygens (including phenoxy) is 1. The summed E-state index contributed by atoms with van der Waals surface area (Å²) in [5.41, 5.74) is 4.00. The zero-order valence-electron chi connectivity index (χ0n) is 11.9. The molecular weight excluding hydrogens is 246 g/mol. The van der Waals surface area contributed by atoms with Crippen LogP contribution in [0.25, 0.3) is 0 Å². The average Bonchev–Trinajstić information content (AvgIpc) is 2.38. The molecule has 0 aliphatic carbocycles. The van der Waals surface area contributed by atoms with Crippen molar-refractivity contribution >= 4 is 11.6 Å². The van der Waals surface area contributed by atoms with Gasteiger partial charge < -0.3 is 9.64 Å². The Morgan fingerprint density at radius 1 is 1.17 bits per heavy atom. The van der Waals surface area contributed by atoms with E-state index < -0.39 is 0 Å². The molecule has 0 saturated carbocycles. The Kier molecular flexibility index (Phi) is 6.51. The average molecular weight is 270 g/mol. The smallest absolute Gasteiger partial charge is 0.122 e. The summed E-state index contributed by atoms with van der Waals surface area (Å²) in [6.45, 7) is 6.43. The lowest BCUT2D eigenvalue weighted by Gasteiger charge is -2.18. The summed E-state index contributed by atoms with van der Waals surface area (Å²) in [6.07, 6.45) is 2.13. The van der Waals surface area contributed by atoms with Crippen LogP contribution < -0.4 is 4.74 Å². The van der Waals surface area contributed by atoms with E-state index in [2.05, 4.69) is 37.9 Å². The van der Waals surface area contributed by atoms with Crippen molar-refractivity contribution in [3.05, 3.63) is 28.8 Å². The Balaban J connectivity index is 2.60. The van der Waals surface area contributed by atoms with E-state index in [1.807, 2.05) is 0 Å². The Bertz CT molecular complexity index is 379. The van der Waals surface area contributed by atoms with Crippen molar-refractivity contribution in [2.45, 2.75) is 26.7 Å². The fourth-order valence-corrected chi connectivity index (χ4v) is 2.22. The lowest BCUT2D eigenvalue weighted by molar-refractivity contribution is 0.339. The number of rotatable bonds is 7. The summed E-state index contributed by atoms with van der Waals surface area (Å²) in [5.74, 6) is 1.72. The molecule has 0 bridgehead atoms. The molecule has 0 saturated heterocycles. The molecule has 18 heavy (non-hydrogen) atoms. The maximum absolute atomic E-state index is 5.70. The molecule has 0 fully saturated rings. The number of halogens is 1. The van der Waals surface area contributed by atoms with Crippen LogP contribution in [0.5, 0.6) is 5.75 Å². The van der Waals surface area contributed by atoms with Crippen molar-refractivity contribution < 1.29 is 4.74 Å². The van der Waals surface area contributed by atoms with Crippen molar-refractivity contribution in [1.82, 2.24) is 4.90 Å². The van der Waals surface area contributed by atoms with Crippen LogP contribution in [-0.2, 0) is 6.42 Å². The number of methoxy groups -OCH3 is 1. The van der Waals surface area contributed by atoms with Gasteiger partial charge in [-0.15, -0.1) is 11.6 Å². The summed E-state index contributed by atoms with van der Waals surface area (Å²) in [6, 6.07) is 4.24. The third-order valence-electron chi connectivity index (χ3n) is 3.51. The van der Waals surface area contributed by atoms with E-state index in [1.54, 1.807) is 7.11 Å². The number of benzene rings is 1. The molecule has 0 aromatic heterocycles. The van der Waals surface area contributed by atoms with E-state index in [1.165, 1.54) is 16.7 Å². The van der Waals surface area contributed by atoms with Crippen LogP contribution >= 0.6 is 11.6 Å². The minimum Gasteiger partial charge on any atom is -0.496 e.